The van der Waals surface area contributed by atoms with Crippen LogP contribution in [0.5, 0.6) is 0 Å². The minimum absolute atomic E-state index is 0.0216. The summed E-state index contributed by atoms with van der Waals surface area (Å²) in [5.41, 5.74) is 2.27. The third-order valence-electron chi connectivity index (χ3n) is 2.45. The molecule has 0 fully saturated rings. The Morgan fingerprint density at radius 3 is 3.05 bits per heavy atom. The van der Waals surface area contributed by atoms with Gasteiger partial charge in [-0.2, -0.15) is 0 Å². The van der Waals surface area contributed by atoms with Gasteiger partial charge in [0.1, 0.15) is 19.5 Å². The van der Waals surface area contributed by atoms with Crippen LogP contribution in [0, 0.1) is 18.8 Å². The molecule has 7 heteroatoms. The molecule has 2 aromatic rings. The lowest BCUT2D eigenvalue weighted by Gasteiger charge is -2.08. The first-order chi connectivity index (χ1) is 9.69. The lowest BCUT2D eigenvalue weighted by atomic mass is 10.1. The second kappa shape index (κ2) is 6.45. The molecule has 0 unspecified atom stereocenters. The molecule has 0 aliphatic carbocycles. The molecule has 2 rings (SSSR count). The minimum Gasteiger partial charge on any atom is -0.384 e. The molecular formula is C13H13N5O2. The number of aryl methyl sites for hydroxylation is 1. The maximum atomic E-state index is 11.9. The van der Waals surface area contributed by atoms with Crippen molar-refractivity contribution < 1.29 is 9.90 Å². The monoisotopic (exact) mass is 271 g/mol. The Morgan fingerprint density at radius 1 is 1.50 bits per heavy atom. The molecule has 0 spiro atoms. The molecule has 2 N–H and O–H groups in total. The summed E-state index contributed by atoms with van der Waals surface area (Å²) in [6.45, 7) is 1.72. The van der Waals surface area contributed by atoms with Crippen molar-refractivity contribution in [3.63, 3.8) is 0 Å². The van der Waals surface area contributed by atoms with Crippen LogP contribution >= 0.6 is 0 Å². The number of carbonyl (C=O) groups is 1. The first-order valence-corrected chi connectivity index (χ1v) is 5.90. The molecule has 1 heterocycles. The summed E-state index contributed by atoms with van der Waals surface area (Å²) < 4.78 is 1.32. The van der Waals surface area contributed by atoms with E-state index in [0.717, 1.165) is 5.56 Å². The van der Waals surface area contributed by atoms with E-state index < -0.39 is 0 Å². The van der Waals surface area contributed by atoms with Gasteiger partial charge in [0.05, 0.1) is 5.69 Å². The molecule has 20 heavy (non-hydrogen) atoms. The first-order valence-electron chi connectivity index (χ1n) is 5.90. The van der Waals surface area contributed by atoms with Crippen molar-refractivity contribution in [2.75, 3.05) is 11.9 Å². The fourth-order valence-electron chi connectivity index (χ4n) is 1.59. The standard InChI is InChI=1S/C13H13N5O2/c1-10-4-5-12(11(7-10)3-2-6-19)15-13(20)8-18-9-14-16-17-18/h4-5,7,9,19H,6,8H2,1H3,(H,15,20). The molecule has 0 saturated heterocycles. The van der Waals surface area contributed by atoms with E-state index in [1.807, 2.05) is 19.1 Å². The predicted octanol–water partition coefficient (Wildman–Crippen LogP) is -0.0360. The van der Waals surface area contributed by atoms with Crippen LogP contribution in [-0.4, -0.2) is 37.8 Å². The normalized spacial score (nSPS) is 9.70. The molecule has 0 bridgehead atoms. The SMILES string of the molecule is Cc1ccc(NC(=O)Cn2cnnn2)c(C#CCO)c1. The first kappa shape index (κ1) is 13.7. The van der Waals surface area contributed by atoms with Crippen LogP contribution in [0.3, 0.4) is 0 Å². The maximum Gasteiger partial charge on any atom is 0.246 e. The lowest BCUT2D eigenvalue weighted by molar-refractivity contribution is -0.116. The average molecular weight is 271 g/mol. The number of hydrogen-bond acceptors (Lipinski definition) is 5. The van der Waals surface area contributed by atoms with Gasteiger partial charge in [-0.05, 0) is 35.0 Å². The van der Waals surface area contributed by atoms with Crippen molar-refractivity contribution in [3.05, 3.63) is 35.7 Å². The summed E-state index contributed by atoms with van der Waals surface area (Å²) in [6.07, 6.45) is 1.36. The third-order valence-corrected chi connectivity index (χ3v) is 2.45. The van der Waals surface area contributed by atoms with Gasteiger partial charge in [-0.15, -0.1) is 5.10 Å². The zero-order valence-electron chi connectivity index (χ0n) is 10.9. The van der Waals surface area contributed by atoms with E-state index >= 15 is 0 Å². The van der Waals surface area contributed by atoms with Gasteiger partial charge in [-0.25, -0.2) is 4.68 Å². The molecule has 0 saturated carbocycles. The smallest absolute Gasteiger partial charge is 0.246 e. The Bertz CT molecular complexity index is 655. The van der Waals surface area contributed by atoms with Gasteiger partial charge in [-0.3, -0.25) is 4.79 Å². The zero-order valence-corrected chi connectivity index (χ0v) is 10.9. The van der Waals surface area contributed by atoms with Crippen LogP contribution in [0.25, 0.3) is 0 Å². The second-order valence-corrected chi connectivity index (χ2v) is 4.06. The van der Waals surface area contributed by atoms with Crippen molar-refractivity contribution >= 4 is 11.6 Å². The Balaban J connectivity index is 2.14. The van der Waals surface area contributed by atoms with Gasteiger partial charge >= 0.3 is 0 Å². The second-order valence-electron chi connectivity index (χ2n) is 4.06. The van der Waals surface area contributed by atoms with Gasteiger partial charge in [0, 0.05) is 5.56 Å². The number of benzene rings is 1. The summed E-state index contributed by atoms with van der Waals surface area (Å²) in [5, 5.41) is 22.0. The Labute approximate surface area is 115 Å². The van der Waals surface area contributed by atoms with Crippen LogP contribution in [-0.2, 0) is 11.3 Å². The van der Waals surface area contributed by atoms with Gasteiger partial charge in [0.2, 0.25) is 5.91 Å². The van der Waals surface area contributed by atoms with Crippen LogP contribution in [0.15, 0.2) is 24.5 Å². The van der Waals surface area contributed by atoms with Gasteiger partial charge in [-0.1, -0.05) is 17.9 Å². The number of hydrogen-bond donors (Lipinski definition) is 2. The zero-order chi connectivity index (χ0) is 14.4. The van der Waals surface area contributed by atoms with Crippen molar-refractivity contribution in [1.82, 2.24) is 20.2 Å². The molecule has 1 aromatic heterocycles. The van der Waals surface area contributed by atoms with Gasteiger partial charge < -0.3 is 10.4 Å². The highest BCUT2D eigenvalue weighted by Crippen LogP contribution is 2.16. The number of nitrogens with one attached hydrogen (secondary N) is 1. The highest BCUT2D eigenvalue weighted by atomic mass is 16.2. The fraction of sp³-hybridized carbons (Fsp3) is 0.231. The van der Waals surface area contributed by atoms with E-state index in [4.69, 9.17) is 5.11 Å². The molecule has 0 aliphatic rings. The lowest BCUT2D eigenvalue weighted by Crippen LogP contribution is -2.19. The van der Waals surface area contributed by atoms with E-state index in [0.29, 0.717) is 11.3 Å². The van der Waals surface area contributed by atoms with Crippen molar-refractivity contribution in [3.8, 4) is 11.8 Å². The quantitative estimate of drug-likeness (QED) is 0.764. The topological polar surface area (TPSA) is 92.9 Å². The van der Waals surface area contributed by atoms with Crippen LogP contribution < -0.4 is 5.32 Å². The van der Waals surface area contributed by atoms with E-state index in [-0.39, 0.29) is 19.1 Å². The van der Waals surface area contributed by atoms with Crippen LogP contribution in [0.4, 0.5) is 5.69 Å². The van der Waals surface area contributed by atoms with E-state index in [9.17, 15) is 4.79 Å². The highest BCUT2D eigenvalue weighted by Gasteiger charge is 2.07. The van der Waals surface area contributed by atoms with E-state index in [2.05, 4.69) is 32.7 Å². The third kappa shape index (κ3) is 3.63. The number of amides is 1. The summed E-state index contributed by atoms with van der Waals surface area (Å²) in [6, 6.07) is 5.49. The summed E-state index contributed by atoms with van der Waals surface area (Å²) in [5.74, 6) is 5.12. The number of nitrogens with zero attached hydrogens (tertiary/aromatic N) is 4. The van der Waals surface area contributed by atoms with Gasteiger partial charge in [0.25, 0.3) is 0 Å². The molecule has 1 amide bonds. The van der Waals surface area contributed by atoms with Crippen molar-refractivity contribution in [2.24, 2.45) is 0 Å². The predicted molar refractivity (Wildman–Crippen MR) is 71.6 cm³/mol. The van der Waals surface area contributed by atoms with E-state index in [1.54, 1.807) is 6.07 Å². The van der Waals surface area contributed by atoms with Crippen LogP contribution in [0.1, 0.15) is 11.1 Å². The molecule has 1 aromatic carbocycles. The van der Waals surface area contributed by atoms with Crippen molar-refractivity contribution in [1.29, 1.82) is 0 Å². The molecule has 7 nitrogen and oxygen atoms in total. The van der Waals surface area contributed by atoms with Crippen LogP contribution in [0.2, 0.25) is 0 Å². The largest absolute Gasteiger partial charge is 0.384 e. The van der Waals surface area contributed by atoms with Gasteiger partial charge in [0.15, 0.2) is 0 Å². The number of rotatable bonds is 3. The fourth-order valence-corrected chi connectivity index (χ4v) is 1.59. The average Bonchev–Trinajstić information content (AvgIpc) is 2.91. The summed E-state index contributed by atoms with van der Waals surface area (Å²) in [7, 11) is 0. The number of aliphatic hydroxyl groups is 1. The summed E-state index contributed by atoms with van der Waals surface area (Å²) in [4.78, 5) is 11.9. The summed E-state index contributed by atoms with van der Waals surface area (Å²) >= 11 is 0. The number of anilines is 1. The van der Waals surface area contributed by atoms with E-state index in [1.165, 1.54) is 11.0 Å². The highest BCUT2D eigenvalue weighted by molar-refractivity contribution is 5.92. The van der Waals surface area contributed by atoms with Crippen molar-refractivity contribution in [2.45, 2.75) is 13.5 Å². The minimum atomic E-state index is -0.256. The molecule has 0 atom stereocenters. The number of tetrazole rings is 1. The Kier molecular flexibility index (Phi) is 4.42. The maximum absolute atomic E-state index is 11.9. The molecule has 102 valence electrons. The molecule has 0 aliphatic heterocycles. The Hall–Kier alpha value is -2.72. The molecule has 0 radical (unpaired) electrons. The number of aromatic nitrogens is 4. The Morgan fingerprint density at radius 2 is 2.35 bits per heavy atom. The number of carbonyl (C=O) groups excluding carboxylic acids is 1. The number of aliphatic hydroxyl groups excluding tert-OH is 1. The molecular weight excluding hydrogens is 258 g/mol.